The van der Waals surface area contributed by atoms with E-state index in [4.69, 9.17) is 27.9 Å². The number of anilines is 1. The second-order valence-corrected chi connectivity index (χ2v) is 11.5. The molecule has 0 aromatic heterocycles. The molecule has 1 N–H and O–H groups in total. The molecule has 0 spiro atoms. The zero-order valence-corrected chi connectivity index (χ0v) is 23.5. The number of benzene rings is 2. The van der Waals surface area contributed by atoms with Gasteiger partial charge in [-0.05, 0) is 63.1 Å². The van der Waals surface area contributed by atoms with Gasteiger partial charge in [0.25, 0.3) is 0 Å². The number of nitrogens with one attached hydrogen (secondary N) is 1. The third-order valence-corrected chi connectivity index (χ3v) is 7.15. The van der Waals surface area contributed by atoms with Crippen molar-refractivity contribution in [2.24, 2.45) is 0 Å². The van der Waals surface area contributed by atoms with Crippen LogP contribution in [0.1, 0.15) is 39.2 Å². The summed E-state index contributed by atoms with van der Waals surface area (Å²) in [6.45, 7) is 5.58. The molecule has 2 amide bonds. The average molecular weight is 559 g/mol. The molecule has 1 unspecified atom stereocenters. The van der Waals surface area contributed by atoms with E-state index in [1.807, 2.05) is 26.0 Å². The van der Waals surface area contributed by atoms with E-state index in [0.717, 1.165) is 16.1 Å². The molecule has 11 heteroatoms. The van der Waals surface area contributed by atoms with Crippen LogP contribution < -0.4 is 14.4 Å². The molecule has 0 saturated carbocycles. The number of sulfonamides is 1. The summed E-state index contributed by atoms with van der Waals surface area (Å²) >= 11 is 12.3. The van der Waals surface area contributed by atoms with E-state index in [1.165, 1.54) is 17.0 Å². The van der Waals surface area contributed by atoms with E-state index in [2.05, 4.69) is 5.32 Å². The van der Waals surface area contributed by atoms with Crippen molar-refractivity contribution in [1.82, 2.24) is 10.2 Å². The molecule has 2 aromatic rings. The number of hydrogen-bond donors (Lipinski definition) is 1. The predicted molar refractivity (Wildman–Crippen MR) is 144 cm³/mol. The van der Waals surface area contributed by atoms with Crippen molar-refractivity contribution < 1.29 is 22.7 Å². The summed E-state index contributed by atoms with van der Waals surface area (Å²) in [5.74, 6) is 0.0842. The van der Waals surface area contributed by atoms with Gasteiger partial charge in [-0.3, -0.25) is 13.9 Å². The third-order valence-electron chi connectivity index (χ3n) is 5.41. The maximum atomic E-state index is 13.3. The van der Waals surface area contributed by atoms with Crippen molar-refractivity contribution in [2.75, 3.05) is 24.2 Å². The van der Waals surface area contributed by atoms with Crippen molar-refractivity contribution in [1.29, 1.82) is 0 Å². The topological polar surface area (TPSA) is 96.0 Å². The second kappa shape index (κ2) is 13.2. The molecule has 2 rings (SSSR count). The SMILES string of the molecule is COc1cccc(CN(C(=O)CCCN(c2cc(Cl)ccc2Cl)S(C)(=O)=O)C(C)C(=O)NC(C)C)c1. The van der Waals surface area contributed by atoms with E-state index in [-0.39, 0.29) is 54.5 Å². The van der Waals surface area contributed by atoms with Crippen molar-refractivity contribution in [2.45, 2.75) is 52.2 Å². The van der Waals surface area contributed by atoms with E-state index < -0.39 is 16.1 Å². The highest BCUT2D eigenvalue weighted by atomic mass is 35.5. The Morgan fingerprint density at radius 3 is 2.39 bits per heavy atom. The fourth-order valence-electron chi connectivity index (χ4n) is 3.61. The average Bonchev–Trinajstić information content (AvgIpc) is 2.80. The molecule has 0 fully saturated rings. The van der Waals surface area contributed by atoms with Crippen LogP contribution in [0.5, 0.6) is 5.75 Å². The van der Waals surface area contributed by atoms with Gasteiger partial charge in [-0.25, -0.2) is 8.42 Å². The van der Waals surface area contributed by atoms with E-state index >= 15 is 0 Å². The van der Waals surface area contributed by atoms with Crippen molar-refractivity contribution in [3.63, 3.8) is 0 Å². The highest BCUT2D eigenvalue weighted by molar-refractivity contribution is 7.92. The first-order valence-corrected chi connectivity index (χ1v) is 14.1. The Balaban J connectivity index is 2.22. The number of ether oxygens (including phenoxy) is 1. The Morgan fingerprint density at radius 1 is 1.08 bits per heavy atom. The lowest BCUT2D eigenvalue weighted by Gasteiger charge is -2.30. The minimum atomic E-state index is -3.69. The van der Waals surface area contributed by atoms with Crippen LogP contribution in [0.25, 0.3) is 0 Å². The monoisotopic (exact) mass is 557 g/mol. The molecule has 0 aliphatic carbocycles. The fraction of sp³-hybridized carbons (Fsp3) is 0.440. The van der Waals surface area contributed by atoms with Gasteiger partial charge in [-0.15, -0.1) is 0 Å². The molecular formula is C25H33Cl2N3O5S. The molecular weight excluding hydrogens is 525 g/mol. The molecule has 0 bridgehead atoms. The molecule has 198 valence electrons. The number of rotatable bonds is 12. The van der Waals surface area contributed by atoms with Gasteiger partial charge in [-0.1, -0.05) is 35.3 Å². The Labute approximate surface area is 223 Å². The van der Waals surface area contributed by atoms with Gasteiger partial charge in [0.05, 0.1) is 24.1 Å². The van der Waals surface area contributed by atoms with Crippen LogP contribution in [0.3, 0.4) is 0 Å². The van der Waals surface area contributed by atoms with E-state index in [0.29, 0.717) is 10.8 Å². The zero-order valence-electron chi connectivity index (χ0n) is 21.1. The quantitative estimate of drug-likeness (QED) is 0.414. The smallest absolute Gasteiger partial charge is 0.242 e. The first-order valence-electron chi connectivity index (χ1n) is 11.5. The minimum Gasteiger partial charge on any atom is -0.497 e. The maximum absolute atomic E-state index is 13.3. The maximum Gasteiger partial charge on any atom is 0.242 e. The Morgan fingerprint density at radius 2 is 1.78 bits per heavy atom. The van der Waals surface area contributed by atoms with Crippen molar-refractivity contribution >= 4 is 50.7 Å². The largest absolute Gasteiger partial charge is 0.497 e. The molecule has 8 nitrogen and oxygen atoms in total. The van der Waals surface area contributed by atoms with Crippen LogP contribution in [0.2, 0.25) is 10.0 Å². The normalized spacial score (nSPS) is 12.2. The molecule has 1 atom stereocenters. The van der Waals surface area contributed by atoms with Gasteiger partial charge >= 0.3 is 0 Å². The molecule has 2 aromatic carbocycles. The second-order valence-electron chi connectivity index (χ2n) is 8.75. The van der Waals surface area contributed by atoms with Gasteiger partial charge in [0.2, 0.25) is 21.8 Å². The van der Waals surface area contributed by atoms with Gasteiger partial charge in [0.15, 0.2) is 0 Å². The summed E-state index contributed by atoms with van der Waals surface area (Å²) in [5, 5.41) is 3.41. The Kier molecular flexibility index (Phi) is 10.9. The van der Waals surface area contributed by atoms with Crippen LogP contribution >= 0.6 is 23.2 Å². The van der Waals surface area contributed by atoms with Crippen LogP contribution in [0.4, 0.5) is 5.69 Å². The van der Waals surface area contributed by atoms with Gasteiger partial charge in [-0.2, -0.15) is 0 Å². The molecule has 0 radical (unpaired) electrons. The van der Waals surface area contributed by atoms with Crippen LogP contribution in [0, 0.1) is 0 Å². The first-order chi connectivity index (χ1) is 16.8. The molecule has 0 saturated heterocycles. The van der Waals surface area contributed by atoms with Gasteiger partial charge < -0.3 is 15.0 Å². The number of amides is 2. The summed E-state index contributed by atoms with van der Waals surface area (Å²) in [6, 6.07) is 11.0. The lowest BCUT2D eigenvalue weighted by atomic mass is 10.1. The summed E-state index contributed by atoms with van der Waals surface area (Å²) in [7, 11) is -2.13. The molecule has 0 heterocycles. The summed E-state index contributed by atoms with van der Waals surface area (Å²) in [6.07, 6.45) is 1.30. The van der Waals surface area contributed by atoms with E-state index in [9.17, 15) is 18.0 Å². The molecule has 36 heavy (non-hydrogen) atoms. The van der Waals surface area contributed by atoms with Crippen LogP contribution in [0.15, 0.2) is 42.5 Å². The predicted octanol–water partition coefficient (Wildman–Crippen LogP) is 4.49. The number of nitrogens with zero attached hydrogens (tertiary/aromatic N) is 2. The number of carbonyl (C=O) groups is 2. The number of hydrogen-bond acceptors (Lipinski definition) is 5. The fourth-order valence-corrected chi connectivity index (χ4v) is 5.02. The Hall–Kier alpha value is -2.49. The van der Waals surface area contributed by atoms with Crippen molar-refractivity contribution in [3.05, 3.63) is 58.1 Å². The highest BCUT2D eigenvalue weighted by Crippen LogP contribution is 2.31. The van der Waals surface area contributed by atoms with Gasteiger partial charge in [0.1, 0.15) is 11.8 Å². The van der Waals surface area contributed by atoms with Crippen LogP contribution in [-0.2, 0) is 26.2 Å². The molecule has 0 aliphatic heterocycles. The standard InChI is InChI=1S/C25H33Cl2N3O5S/c1-17(2)28-25(32)18(3)29(16-19-8-6-9-21(14-19)35-4)24(31)10-7-13-30(36(5,33)34)23-15-20(26)11-12-22(23)27/h6,8-9,11-12,14-15,17-18H,7,10,13,16H2,1-5H3,(H,28,32). The number of methoxy groups -OCH3 is 1. The Bertz CT molecular complexity index is 1170. The highest BCUT2D eigenvalue weighted by Gasteiger charge is 2.27. The third kappa shape index (κ3) is 8.57. The van der Waals surface area contributed by atoms with Crippen LogP contribution in [-0.4, -0.2) is 57.1 Å². The first kappa shape index (κ1) is 29.7. The lowest BCUT2D eigenvalue weighted by molar-refractivity contribution is -0.140. The molecule has 0 aliphatic rings. The van der Waals surface area contributed by atoms with Crippen molar-refractivity contribution in [3.8, 4) is 5.75 Å². The minimum absolute atomic E-state index is 0.0181. The lowest BCUT2D eigenvalue weighted by Crippen LogP contribution is -2.49. The van der Waals surface area contributed by atoms with E-state index in [1.54, 1.807) is 32.2 Å². The summed E-state index contributed by atoms with van der Waals surface area (Å²) < 4.78 is 31.4. The number of halogens is 2. The summed E-state index contributed by atoms with van der Waals surface area (Å²) in [4.78, 5) is 27.5. The van der Waals surface area contributed by atoms with Gasteiger partial charge in [0, 0.05) is 30.6 Å². The summed E-state index contributed by atoms with van der Waals surface area (Å²) in [5.41, 5.74) is 1.05. The zero-order chi connectivity index (χ0) is 27.0. The number of carbonyl (C=O) groups excluding carboxylic acids is 2.